The van der Waals surface area contributed by atoms with E-state index in [0.29, 0.717) is 24.4 Å². The average Bonchev–Trinajstić information content (AvgIpc) is 3.65. The summed E-state index contributed by atoms with van der Waals surface area (Å²) in [6, 6.07) is 0. The van der Waals surface area contributed by atoms with Gasteiger partial charge in [0.15, 0.2) is 0 Å². The Morgan fingerprint density at radius 3 is 1.97 bits per heavy atom. The monoisotopic (exact) mass is 514 g/mol. The molecule has 1 saturated heterocycles. The number of esters is 1. The Hall–Kier alpha value is -0.920. The fourth-order valence-corrected chi connectivity index (χ4v) is 13.8. The SMILES string of the molecule is CS(=O)(=O)OC1C2CC(C1C(=O)OC1CCCCO1)C1C3CC(C21)C1C2CC(C4C5C=CC(C5)C24)C31. The van der Waals surface area contributed by atoms with E-state index in [2.05, 4.69) is 12.2 Å². The third-order valence-corrected chi connectivity index (χ3v) is 13.8. The van der Waals surface area contributed by atoms with Crippen molar-refractivity contribution in [2.24, 2.45) is 88.8 Å². The van der Waals surface area contributed by atoms with Gasteiger partial charge in [-0.05, 0) is 121 Å². The maximum Gasteiger partial charge on any atom is 0.314 e. The van der Waals surface area contributed by atoms with Gasteiger partial charge in [0.1, 0.15) is 0 Å². The summed E-state index contributed by atoms with van der Waals surface area (Å²) in [6.07, 6.45) is 13.0. The molecular weight excluding hydrogens is 476 g/mol. The van der Waals surface area contributed by atoms with Crippen molar-refractivity contribution in [1.29, 1.82) is 0 Å². The van der Waals surface area contributed by atoms with Crippen molar-refractivity contribution < 1.29 is 26.9 Å². The van der Waals surface area contributed by atoms with Crippen LogP contribution in [-0.2, 0) is 28.6 Å². The minimum atomic E-state index is -3.66. The number of carbonyl (C=O) groups excluding carboxylic acids is 1. The van der Waals surface area contributed by atoms with Crippen LogP contribution in [0.3, 0.4) is 0 Å². The van der Waals surface area contributed by atoms with Gasteiger partial charge in [-0.1, -0.05) is 12.2 Å². The van der Waals surface area contributed by atoms with E-state index in [9.17, 15) is 13.2 Å². The van der Waals surface area contributed by atoms with Crippen LogP contribution in [0.4, 0.5) is 0 Å². The molecule has 7 heteroatoms. The molecule has 0 aromatic heterocycles. The molecule has 17 unspecified atom stereocenters. The predicted molar refractivity (Wildman–Crippen MR) is 129 cm³/mol. The van der Waals surface area contributed by atoms with Crippen molar-refractivity contribution in [1.82, 2.24) is 0 Å². The van der Waals surface area contributed by atoms with Crippen LogP contribution < -0.4 is 0 Å². The summed E-state index contributed by atoms with van der Waals surface area (Å²) in [5.41, 5.74) is 0. The summed E-state index contributed by atoms with van der Waals surface area (Å²) in [7, 11) is -3.66. The number of carbonyl (C=O) groups is 1. The smallest absolute Gasteiger partial charge is 0.314 e. The van der Waals surface area contributed by atoms with Gasteiger partial charge in [-0.3, -0.25) is 8.98 Å². The Balaban J connectivity index is 1.04. The zero-order valence-electron chi connectivity index (χ0n) is 21.0. The lowest BCUT2D eigenvalue weighted by Crippen LogP contribution is -2.52. The van der Waals surface area contributed by atoms with Gasteiger partial charge in [0.05, 0.1) is 24.9 Å². The van der Waals surface area contributed by atoms with Crippen molar-refractivity contribution in [2.75, 3.05) is 12.9 Å². The van der Waals surface area contributed by atoms with Crippen LogP contribution in [0.2, 0.25) is 0 Å². The molecule has 0 aromatic rings. The van der Waals surface area contributed by atoms with Gasteiger partial charge in [-0.2, -0.15) is 8.42 Å². The molecule has 0 N–H and O–H groups in total. The summed E-state index contributed by atoms with van der Waals surface area (Å²) >= 11 is 0. The minimum absolute atomic E-state index is 0.172. The molecule has 1 heterocycles. The van der Waals surface area contributed by atoms with E-state index in [0.717, 1.165) is 85.2 Å². The van der Waals surface area contributed by atoms with Crippen molar-refractivity contribution in [3.8, 4) is 0 Å². The molecule has 9 rings (SSSR count). The van der Waals surface area contributed by atoms with Crippen molar-refractivity contribution in [3.05, 3.63) is 12.2 Å². The largest absolute Gasteiger partial charge is 0.435 e. The molecule has 9 aliphatic rings. The number of fused-ring (bicyclic) bond motifs is 23. The lowest BCUT2D eigenvalue weighted by Gasteiger charge is -2.51. The maximum absolute atomic E-state index is 13.6. The highest BCUT2D eigenvalue weighted by molar-refractivity contribution is 7.86. The number of rotatable bonds is 4. The number of allylic oxidation sites excluding steroid dienone is 2. The first-order valence-electron chi connectivity index (χ1n) is 14.8. The van der Waals surface area contributed by atoms with Crippen LogP contribution in [0.5, 0.6) is 0 Å². The van der Waals surface area contributed by atoms with Crippen LogP contribution in [0, 0.1) is 88.8 Å². The second kappa shape index (κ2) is 7.18. The van der Waals surface area contributed by atoms with E-state index in [1.807, 2.05) is 0 Å². The topological polar surface area (TPSA) is 78.9 Å². The summed E-state index contributed by atoms with van der Waals surface area (Å²) < 4.78 is 42.1. The molecular formula is C29H38O6S. The van der Waals surface area contributed by atoms with E-state index in [1.54, 1.807) is 0 Å². The Morgan fingerprint density at radius 2 is 1.36 bits per heavy atom. The van der Waals surface area contributed by atoms with Gasteiger partial charge in [-0.15, -0.1) is 0 Å². The predicted octanol–water partition coefficient (Wildman–Crippen LogP) is 3.87. The summed E-state index contributed by atoms with van der Waals surface area (Å²) in [5.74, 6) is 9.13. The van der Waals surface area contributed by atoms with Gasteiger partial charge >= 0.3 is 5.97 Å². The zero-order chi connectivity index (χ0) is 24.1. The Bertz CT molecular complexity index is 1130. The molecule has 0 spiro atoms. The van der Waals surface area contributed by atoms with Crippen LogP contribution in [0.1, 0.15) is 44.9 Å². The summed E-state index contributed by atoms with van der Waals surface area (Å²) in [6.45, 7) is 0.622. The normalized spacial score (nSPS) is 60.5. The number of hydrogen-bond donors (Lipinski definition) is 0. The van der Waals surface area contributed by atoms with E-state index in [-0.39, 0.29) is 17.8 Å². The molecule has 8 bridgehead atoms. The highest BCUT2D eigenvalue weighted by Gasteiger charge is 2.77. The quantitative estimate of drug-likeness (QED) is 0.245. The molecule has 0 radical (unpaired) electrons. The van der Waals surface area contributed by atoms with Crippen LogP contribution >= 0.6 is 0 Å². The van der Waals surface area contributed by atoms with Gasteiger partial charge in [0.25, 0.3) is 10.1 Å². The number of ether oxygens (including phenoxy) is 2. The van der Waals surface area contributed by atoms with Crippen molar-refractivity contribution in [3.63, 3.8) is 0 Å². The zero-order valence-corrected chi connectivity index (χ0v) is 21.8. The molecule has 8 aliphatic carbocycles. The number of hydrogen-bond acceptors (Lipinski definition) is 6. The summed E-state index contributed by atoms with van der Waals surface area (Å²) in [5, 5.41) is 0. The first kappa shape index (κ1) is 22.0. The van der Waals surface area contributed by atoms with Crippen LogP contribution in [0.15, 0.2) is 12.2 Å². The molecule has 36 heavy (non-hydrogen) atoms. The van der Waals surface area contributed by atoms with Gasteiger partial charge in [0, 0.05) is 6.42 Å². The van der Waals surface area contributed by atoms with E-state index in [4.69, 9.17) is 13.7 Å². The fraction of sp³-hybridized carbons (Fsp3) is 0.897. The highest BCUT2D eigenvalue weighted by atomic mass is 32.2. The molecule has 0 aromatic carbocycles. The minimum Gasteiger partial charge on any atom is -0.435 e. The van der Waals surface area contributed by atoms with E-state index >= 15 is 0 Å². The van der Waals surface area contributed by atoms with Crippen molar-refractivity contribution in [2.45, 2.75) is 57.3 Å². The Labute approximate surface area is 214 Å². The van der Waals surface area contributed by atoms with Crippen LogP contribution in [0.25, 0.3) is 0 Å². The molecule has 17 atom stereocenters. The Kier molecular flexibility index (Phi) is 4.38. The molecule has 8 fully saturated rings. The maximum atomic E-state index is 13.6. The highest BCUT2D eigenvalue weighted by Crippen LogP contribution is 2.81. The third-order valence-electron chi connectivity index (χ3n) is 13.2. The Morgan fingerprint density at radius 1 is 0.778 bits per heavy atom. The van der Waals surface area contributed by atoms with Gasteiger partial charge < -0.3 is 9.47 Å². The standard InChI is InChI=1S/C29H38O6S/c1-36(31,32)35-28-19-11-18(27(28)29(30)34-20-4-2-3-7-33-20)25-16-10-17(26(19)25)24-15-9-14(23(16)24)21-12-5-6-13(8-12)22(15)21/h5-6,12-28H,2-4,7-11H2,1H3. The second-order valence-electron chi connectivity index (χ2n) is 14.1. The van der Waals surface area contributed by atoms with E-state index in [1.165, 1.54) is 19.3 Å². The van der Waals surface area contributed by atoms with Gasteiger partial charge in [0.2, 0.25) is 6.29 Å². The average molecular weight is 515 g/mol. The molecule has 7 saturated carbocycles. The van der Waals surface area contributed by atoms with Crippen LogP contribution in [-0.4, -0.2) is 39.6 Å². The molecule has 6 nitrogen and oxygen atoms in total. The molecule has 1 aliphatic heterocycles. The van der Waals surface area contributed by atoms with Gasteiger partial charge in [-0.25, -0.2) is 0 Å². The lowest BCUT2D eigenvalue weighted by molar-refractivity contribution is -0.198. The van der Waals surface area contributed by atoms with E-state index < -0.39 is 28.4 Å². The third kappa shape index (κ3) is 2.66. The second-order valence-corrected chi connectivity index (χ2v) is 15.7. The first-order chi connectivity index (χ1) is 17.4. The summed E-state index contributed by atoms with van der Waals surface area (Å²) in [4.78, 5) is 13.6. The lowest BCUT2D eigenvalue weighted by atomic mass is 9.54. The first-order valence-corrected chi connectivity index (χ1v) is 16.6. The molecule has 0 amide bonds. The van der Waals surface area contributed by atoms with Crippen molar-refractivity contribution >= 4 is 16.1 Å². The fourth-order valence-electron chi connectivity index (χ4n) is 13.1. The molecule has 196 valence electrons.